The van der Waals surface area contributed by atoms with Crippen LogP contribution in [0.25, 0.3) is 0 Å². The number of fused-ring (bicyclic) bond motifs is 1. The lowest BCUT2D eigenvalue weighted by Crippen LogP contribution is -2.17. The smallest absolute Gasteiger partial charge is 0.262 e. The summed E-state index contributed by atoms with van der Waals surface area (Å²) in [6.45, 7) is 2.25. The first-order chi connectivity index (χ1) is 12.1. The number of nitrogens with zero attached hydrogens (tertiary/aromatic N) is 2. The van der Waals surface area contributed by atoms with Crippen LogP contribution in [0, 0.1) is 0 Å². The van der Waals surface area contributed by atoms with E-state index in [0.29, 0.717) is 36.9 Å². The van der Waals surface area contributed by atoms with Crippen LogP contribution in [0.15, 0.2) is 35.5 Å². The molecule has 0 radical (unpaired) electrons. The summed E-state index contributed by atoms with van der Waals surface area (Å²) >= 11 is 0. The molecule has 25 heavy (non-hydrogen) atoms. The molecule has 1 atom stereocenters. The number of aromatic nitrogens is 2. The Hall–Kier alpha value is -2.26. The van der Waals surface area contributed by atoms with E-state index in [-0.39, 0.29) is 11.0 Å². The van der Waals surface area contributed by atoms with Gasteiger partial charge in [0.25, 0.3) is 10.0 Å². The van der Waals surface area contributed by atoms with Crippen molar-refractivity contribution in [2.45, 2.75) is 30.4 Å². The number of rotatable bonds is 5. The van der Waals surface area contributed by atoms with Crippen molar-refractivity contribution in [3.8, 4) is 11.5 Å². The lowest BCUT2D eigenvalue weighted by molar-refractivity contribution is 0.0940. The van der Waals surface area contributed by atoms with Crippen molar-refractivity contribution in [2.24, 2.45) is 0 Å². The topological polar surface area (TPSA) is 91.7 Å². The minimum absolute atomic E-state index is 0.114. The lowest BCUT2D eigenvalue weighted by atomic mass is 10.2. The highest BCUT2D eigenvalue weighted by molar-refractivity contribution is 7.92. The molecule has 0 amide bonds. The number of anilines is 1. The highest BCUT2D eigenvalue weighted by Gasteiger charge is 2.21. The van der Waals surface area contributed by atoms with Crippen LogP contribution in [0.3, 0.4) is 0 Å². The van der Waals surface area contributed by atoms with E-state index in [9.17, 15) is 8.42 Å². The maximum Gasteiger partial charge on any atom is 0.262 e. The van der Waals surface area contributed by atoms with Crippen molar-refractivity contribution in [2.75, 3.05) is 24.5 Å². The van der Waals surface area contributed by atoms with Gasteiger partial charge in [-0.3, -0.25) is 9.40 Å². The van der Waals surface area contributed by atoms with Gasteiger partial charge in [0.05, 0.1) is 29.4 Å². The molecule has 134 valence electrons. The Morgan fingerprint density at radius 2 is 2.04 bits per heavy atom. The molecule has 0 unspecified atom stereocenters. The van der Waals surface area contributed by atoms with Crippen LogP contribution in [0.4, 0.5) is 5.69 Å². The summed E-state index contributed by atoms with van der Waals surface area (Å²) < 4.78 is 45.8. The Bertz CT molecular complexity index is 858. The molecule has 1 aromatic heterocycles. The molecule has 1 N–H and O–H groups in total. The van der Waals surface area contributed by atoms with E-state index >= 15 is 0 Å². The molecule has 0 bridgehead atoms. The van der Waals surface area contributed by atoms with Crippen molar-refractivity contribution in [3.63, 3.8) is 0 Å². The van der Waals surface area contributed by atoms with Crippen molar-refractivity contribution < 1.29 is 22.6 Å². The predicted molar refractivity (Wildman–Crippen MR) is 89.4 cm³/mol. The van der Waals surface area contributed by atoms with Crippen molar-refractivity contribution >= 4 is 15.7 Å². The summed E-state index contributed by atoms with van der Waals surface area (Å²) in [5.74, 6) is 0.984. The van der Waals surface area contributed by atoms with Crippen LogP contribution in [0.1, 0.15) is 12.8 Å². The van der Waals surface area contributed by atoms with Gasteiger partial charge < -0.3 is 14.2 Å². The van der Waals surface area contributed by atoms with Crippen LogP contribution >= 0.6 is 0 Å². The normalized spacial score (nSPS) is 19.8. The van der Waals surface area contributed by atoms with Gasteiger partial charge in [0.2, 0.25) is 0 Å². The van der Waals surface area contributed by atoms with Crippen LogP contribution < -0.4 is 14.2 Å². The number of hydrogen-bond acceptors (Lipinski definition) is 6. The van der Waals surface area contributed by atoms with E-state index in [1.165, 1.54) is 18.3 Å². The zero-order valence-electron chi connectivity index (χ0n) is 13.6. The van der Waals surface area contributed by atoms with Crippen molar-refractivity contribution in [3.05, 3.63) is 30.6 Å². The SMILES string of the molecule is O=S(=O)(Nc1cnn(C[C@@H]2CCCO2)c1)c1ccc2c(c1)OCCO2. The van der Waals surface area contributed by atoms with Gasteiger partial charge in [-0.05, 0) is 25.0 Å². The van der Waals surface area contributed by atoms with Gasteiger partial charge in [-0.2, -0.15) is 5.10 Å². The molecule has 0 saturated carbocycles. The zero-order chi connectivity index (χ0) is 17.3. The first-order valence-corrected chi connectivity index (χ1v) is 9.65. The average molecular weight is 365 g/mol. The van der Waals surface area contributed by atoms with Crippen LogP contribution in [-0.4, -0.2) is 44.1 Å². The van der Waals surface area contributed by atoms with Gasteiger partial charge in [0.1, 0.15) is 13.2 Å². The lowest BCUT2D eigenvalue weighted by Gasteiger charge is -2.18. The minimum atomic E-state index is -3.73. The summed E-state index contributed by atoms with van der Waals surface area (Å²) in [5, 5.41) is 4.19. The van der Waals surface area contributed by atoms with Gasteiger partial charge in [0.15, 0.2) is 11.5 Å². The Morgan fingerprint density at radius 1 is 1.20 bits per heavy atom. The molecule has 2 aromatic rings. The van der Waals surface area contributed by atoms with Gasteiger partial charge >= 0.3 is 0 Å². The summed E-state index contributed by atoms with van der Waals surface area (Å²) in [5.41, 5.74) is 0.410. The Morgan fingerprint density at radius 3 is 2.84 bits per heavy atom. The standard InChI is InChI=1S/C16H19N3O5S/c20-25(21,14-3-4-15-16(8-14)24-7-6-23-15)18-12-9-17-19(10-12)11-13-2-1-5-22-13/h3-4,8-10,13,18H,1-2,5-7,11H2/t13-/m0/s1. The van der Waals surface area contributed by atoms with Crippen molar-refractivity contribution in [1.82, 2.24) is 9.78 Å². The number of nitrogens with one attached hydrogen (secondary N) is 1. The minimum Gasteiger partial charge on any atom is -0.486 e. The largest absolute Gasteiger partial charge is 0.486 e. The number of benzene rings is 1. The van der Waals surface area contributed by atoms with Crippen LogP contribution in [0.5, 0.6) is 11.5 Å². The predicted octanol–water partition coefficient (Wildman–Crippen LogP) is 1.63. The second-order valence-corrected chi connectivity index (χ2v) is 7.68. The average Bonchev–Trinajstić information content (AvgIpc) is 3.27. The second kappa shape index (κ2) is 6.57. The molecular formula is C16H19N3O5S. The van der Waals surface area contributed by atoms with Crippen molar-refractivity contribution in [1.29, 1.82) is 0 Å². The second-order valence-electron chi connectivity index (χ2n) is 6.00. The van der Waals surface area contributed by atoms with E-state index in [2.05, 4.69) is 9.82 Å². The molecule has 1 aromatic carbocycles. The zero-order valence-corrected chi connectivity index (χ0v) is 14.4. The molecule has 2 aliphatic rings. The Kier molecular flexibility index (Phi) is 4.26. The number of ether oxygens (including phenoxy) is 3. The van der Waals surface area contributed by atoms with E-state index < -0.39 is 10.0 Å². The van der Waals surface area contributed by atoms with E-state index in [0.717, 1.165) is 19.4 Å². The summed E-state index contributed by atoms with van der Waals surface area (Å²) in [7, 11) is -3.73. The fourth-order valence-electron chi connectivity index (χ4n) is 2.92. The van der Waals surface area contributed by atoms with Gasteiger partial charge in [-0.15, -0.1) is 0 Å². The van der Waals surface area contributed by atoms with E-state index in [4.69, 9.17) is 14.2 Å². The highest BCUT2D eigenvalue weighted by Crippen LogP contribution is 2.32. The Labute approximate surface area is 145 Å². The fraction of sp³-hybridized carbons (Fsp3) is 0.438. The van der Waals surface area contributed by atoms with Gasteiger partial charge in [-0.1, -0.05) is 0 Å². The molecule has 4 rings (SSSR count). The summed E-state index contributed by atoms with van der Waals surface area (Å²) in [6, 6.07) is 4.56. The molecule has 3 heterocycles. The van der Waals surface area contributed by atoms with E-state index in [1.54, 1.807) is 16.9 Å². The maximum atomic E-state index is 12.6. The third-order valence-corrected chi connectivity index (χ3v) is 5.50. The first kappa shape index (κ1) is 16.2. The molecule has 8 nitrogen and oxygen atoms in total. The van der Waals surface area contributed by atoms with Crippen LogP contribution in [-0.2, 0) is 21.3 Å². The molecule has 0 spiro atoms. The molecular weight excluding hydrogens is 346 g/mol. The fourth-order valence-corrected chi connectivity index (χ4v) is 3.96. The molecule has 2 aliphatic heterocycles. The quantitative estimate of drug-likeness (QED) is 0.866. The van der Waals surface area contributed by atoms with Gasteiger partial charge in [0, 0.05) is 18.9 Å². The first-order valence-electron chi connectivity index (χ1n) is 8.17. The third kappa shape index (κ3) is 3.57. The van der Waals surface area contributed by atoms with Gasteiger partial charge in [-0.25, -0.2) is 8.42 Å². The summed E-state index contributed by atoms with van der Waals surface area (Å²) in [4.78, 5) is 0.114. The van der Waals surface area contributed by atoms with E-state index in [1.807, 2.05) is 0 Å². The third-order valence-electron chi connectivity index (χ3n) is 4.12. The number of sulfonamides is 1. The number of hydrogen-bond donors (Lipinski definition) is 1. The monoisotopic (exact) mass is 365 g/mol. The Balaban J connectivity index is 1.48. The molecule has 0 aliphatic carbocycles. The van der Waals surface area contributed by atoms with Crippen LogP contribution in [0.2, 0.25) is 0 Å². The highest BCUT2D eigenvalue weighted by atomic mass is 32.2. The maximum absolute atomic E-state index is 12.6. The molecule has 9 heteroatoms. The molecule has 1 saturated heterocycles. The summed E-state index contributed by atoms with van der Waals surface area (Å²) in [6.07, 6.45) is 5.34. The molecule has 1 fully saturated rings.